The molecule has 5 heteroatoms. The van der Waals surface area contributed by atoms with E-state index in [-0.39, 0.29) is 12.5 Å². The molecule has 0 bridgehead atoms. The Kier molecular flexibility index (Phi) is 7.14. The minimum atomic E-state index is -0.685. The summed E-state index contributed by atoms with van der Waals surface area (Å²) in [6.07, 6.45) is 13.0. The summed E-state index contributed by atoms with van der Waals surface area (Å²) < 4.78 is 0. The first-order valence-electron chi connectivity index (χ1n) is 10.5. The summed E-state index contributed by atoms with van der Waals surface area (Å²) in [5.41, 5.74) is 0. The zero-order chi connectivity index (χ0) is 17.6. The molecule has 0 aromatic carbocycles. The third-order valence-electron chi connectivity index (χ3n) is 6.68. The number of carbonyl (C=O) groups is 1. The molecular formula is C20H36N2O3. The summed E-state index contributed by atoms with van der Waals surface area (Å²) in [5.74, 6) is -0.685. The van der Waals surface area contributed by atoms with Gasteiger partial charge in [-0.05, 0) is 44.9 Å². The van der Waals surface area contributed by atoms with Crippen molar-refractivity contribution in [1.82, 2.24) is 9.80 Å². The van der Waals surface area contributed by atoms with Crippen LogP contribution in [0.15, 0.2) is 0 Å². The maximum absolute atomic E-state index is 11.1. The van der Waals surface area contributed by atoms with Gasteiger partial charge in [0, 0.05) is 44.2 Å². The maximum Gasteiger partial charge on any atom is 0.303 e. The summed E-state index contributed by atoms with van der Waals surface area (Å²) in [5, 5.41) is 19.2. The number of aliphatic carboxylic acids is 1. The molecule has 0 aromatic heterocycles. The number of rotatable bonds is 5. The van der Waals surface area contributed by atoms with Crippen LogP contribution in [0, 0.1) is 0 Å². The molecule has 3 fully saturated rings. The van der Waals surface area contributed by atoms with Gasteiger partial charge in [0.05, 0.1) is 6.10 Å². The van der Waals surface area contributed by atoms with Crippen molar-refractivity contribution in [3.8, 4) is 0 Å². The summed E-state index contributed by atoms with van der Waals surface area (Å²) >= 11 is 0. The van der Waals surface area contributed by atoms with E-state index in [9.17, 15) is 9.90 Å². The lowest BCUT2D eigenvalue weighted by Gasteiger charge is -2.49. The molecule has 0 radical (unpaired) electrons. The van der Waals surface area contributed by atoms with Crippen molar-refractivity contribution in [3.05, 3.63) is 0 Å². The summed E-state index contributed by atoms with van der Waals surface area (Å²) in [6.45, 7) is 3.17. The van der Waals surface area contributed by atoms with Crippen molar-refractivity contribution in [2.75, 3.05) is 19.6 Å². The molecule has 1 aliphatic heterocycles. The Labute approximate surface area is 152 Å². The molecule has 3 atom stereocenters. The summed E-state index contributed by atoms with van der Waals surface area (Å²) in [7, 11) is 0. The van der Waals surface area contributed by atoms with E-state index in [2.05, 4.69) is 9.80 Å². The number of aliphatic hydroxyl groups excluding tert-OH is 1. The molecule has 25 heavy (non-hydrogen) atoms. The molecule has 2 N–H and O–H groups in total. The van der Waals surface area contributed by atoms with E-state index in [1.165, 1.54) is 38.5 Å². The van der Waals surface area contributed by atoms with Gasteiger partial charge < -0.3 is 10.2 Å². The fourth-order valence-corrected chi connectivity index (χ4v) is 5.32. The van der Waals surface area contributed by atoms with E-state index in [4.69, 9.17) is 5.11 Å². The Bertz CT molecular complexity index is 423. The average molecular weight is 353 g/mol. The van der Waals surface area contributed by atoms with Gasteiger partial charge in [-0.25, -0.2) is 0 Å². The van der Waals surface area contributed by atoms with Crippen molar-refractivity contribution >= 4 is 5.97 Å². The smallest absolute Gasteiger partial charge is 0.303 e. The van der Waals surface area contributed by atoms with E-state index < -0.39 is 5.97 Å². The third kappa shape index (κ3) is 5.41. The van der Waals surface area contributed by atoms with Crippen LogP contribution in [-0.4, -0.2) is 69.8 Å². The molecule has 1 saturated heterocycles. The predicted molar refractivity (Wildman–Crippen MR) is 98.7 cm³/mol. The van der Waals surface area contributed by atoms with Gasteiger partial charge in [-0.1, -0.05) is 25.7 Å². The second-order valence-electron chi connectivity index (χ2n) is 8.44. The van der Waals surface area contributed by atoms with E-state index in [1.807, 2.05) is 0 Å². The lowest BCUT2D eigenvalue weighted by atomic mass is 9.89. The van der Waals surface area contributed by atoms with E-state index in [0.717, 1.165) is 51.7 Å². The minimum absolute atomic E-state index is 0.168. The number of hydrogen-bond donors (Lipinski definition) is 2. The highest BCUT2D eigenvalue weighted by Gasteiger charge is 2.36. The Hall–Kier alpha value is -0.650. The summed E-state index contributed by atoms with van der Waals surface area (Å²) in [4.78, 5) is 16.3. The lowest BCUT2D eigenvalue weighted by Crippen LogP contribution is -2.59. The second-order valence-corrected chi connectivity index (χ2v) is 8.44. The van der Waals surface area contributed by atoms with Crippen molar-refractivity contribution in [1.29, 1.82) is 0 Å². The molecule has 0 aromatic rings. The van der Waals surface area contributed by atoms with Gasteiger partial charge in [0.2, 0.25) is 0 Å². The number of carboxylic acids is 1. The molecular weight excluding hydrogens is 316 g/mol. The zero-order valence-electron chi connectivity index (χ0n) is 15.6. The minimum Gasteiger partial charge on any atom is -0.481 e. The fourth-order valence-electron chi connectivity index (χ4n) is 5.32. The standard InChI is InChI=1S/C20H36N2O3/c23-19-9-5-8-17(14-19)22-13-12-21(15-18(22)10-11-20(24)25)16-6-3-1-2-4-7-16/h16-19,23H,1-15H2,(H,24,25)/t17?,18-,19?/m0/s1. The van der Waals surface area contributed by atoms with Crippen molar-refractivity contribution < 1.29 is 15.0 Å². The number of piperazine rings is 1. The molecule has 2 unspecified atom stereocenters. The van der Waals surface area contributed by atoms with Crippen molar-refractivity contribution in [2.24, 2.45) is 0 Å². The number of carboxylic acid groups (broad SMARTS) is 1. The quantitative estimate of drug-likeness (QED) is 0.745. The molecule has 3 rings (SSSR count). The topological polar surface area (TPSA) is 64.0 Å². The number of aliphatic hydroxyl groups is 1. The monoisotopic (exact) mass is 352 g/mol. The zero-order valence-corrected chi connectivity index (χ0v) is 15.6. The molecule has 2 aliphatic carbocycles. The van der Waals surface area contributed by atoms with Gasteiger partial charge in [-0.15, -0.1) is 0 Å². The van der Waals surface area contributed by atoms with Crippen molar-refractivity contribution in [3.63, 3.8) is 0 Å². The first kappa shape index (κ1) is 19.1. The van der Waals surface area contributed by atoms with E-state index >= 15 is 0 Å². The van der Waals surface area contributed by atoms with E-state index in [1.54, 1.807) is 0 Å². The predicted octanol–water partition coefficient (Wildman–Crippen LogP) is 2.86. The first-order chi connectivity index (χ1) is 12.1. The fraction of sp³-hybridized carbons (Fsp3) is 0.950. The van der Waals surface area contributed by atoms with E-state index in [0.29, 0.717) is 18.1 Å². The van der Waals surface area contributed by atoms with Crippen LogP contribution in [0.1, 0.15) is 77.0 Å². The number of hydrogen-bond acceptors (Lipinski definition) is 4. The Morgan fingerprint density at radius 1 is 0.920 bits per heavy atom. The molecule has 3 aliphatic rings. The highest BCUT2D eigenvalue weighted by atomic mass is 16.4. The normalized spacial score (nSPS) is 33.9. The molecule has 0 amide bonds. The SMILES string of the molecule is O=C(O)CC[C@H]1CN(C2CCCCCC2)CCN1C1CCCC(O)C1. The second kappa shape index (κ2) is 9.33. The van der Waals surface area contributed by atoms with Gasteiger partial charge >= 0.3 is 5.97 Å². The van der Waals surface area contributed by atoms with Crippen LogP contribution in [0.4, 0.5) is 0 Å². The highest BCUT2D eigenvalue weighted by molar-refractivity contribution is 5.66. The van der Waals surface area contributed by atoms with Gasteiger partial charge in [0.1, 0.15) is 0 Å². The summed E-state index contributed by atoms with van der Waals surface area (Å²) in [6, 6.07) is 1.48. The first-order valence-corrected chi connectivity index (χ1v) is 10.5. The van der Waals surface area contributed by atoms with Crippen LogP contribution in [0.5, 0.6) is 0 Å². The van der Waals surface area contributed by atoms with Gasteiger partial charge in [0.25, 0.3) is 0 Å². The Morgan fingerprint density at radius 3 is 2.32 bits per heavy atom. The van der Waals surface area contributed by atoms with Gasteiger partial charge in [0.15, 0.2) is 0 Å². The van der Waals surface area contributed by atoms with Gasteiger partial charge in [-0.2, -0.15) is 0 Å². The molecule has 0 spiro atoms. The molecule has 1 heterocycles. The van der Waals surface area contributed by atoms with Crippen LogP contribution in [0.2, 0.25) is 0 Å². The Balaban J connectivity index is 1.63. The van der Waals surface area contributed by atoms with Gasteiger partial charge in [-0.3, -0.25) is 14.6 Å². The Morgan fingerprint density at radius 2 is 1.64 bits per heavy atom. The van der Waals surface area contributed by atoms with Crippen LogP contribution in [0.3, 0.4) is 0 Å². The van der Waals surface area contributed by atoms with Crippen LogP contribution in [0.25, 0.3) is 0 Å². The molecule has 144 valence electrons. The lowest BCUT2D eigenvalue weighted by molar-refractivity contribution is -0.137. The van der Waals surface area contributed by atoms with Crippen LogP contribution < -0.4 is 0 Å². The maximum atomic E-state index is 11.1. The molecule has 2 saturated carbocycles. The number of nitrogens with zero attached hydrogens (tertiary/aromatic N) is 2. The van der Waals surface area contributed by atoms with Crippen molar-refractivity contribution in [2.45, 2.75) is 101 Å². The van der Waals surface area contributed by atoms with Crippen LogP contribution in [-0.2, 0) is 4.79 Å². The average Bonchev–Trinajstić information content (AvgIpc) is 2.89. The van der Waals surface area contributed by atoms with Crippen LogP contribution >= 0.6 is 0 Å². The molecule has 5 nitrogen and oxygen atoms in total. The highest BCUT2D eigenvalue weighted by Crippen LogP contribution is 2.30. The third-order valence-corrected chi connectivity index (χ3v) is 6.68. The largest absolute Gasteiger partial charge is 0.481 e.